The highest BCUT2D eigenvalue weighted by atomic mass is 35.5. The number of benzene rings is 2. The molecule has 16 nitrogen and oxygen atoms in total. The van der Waals surface area contributed by atoms with Crippen LogP contribution in [0.3, 0.4) is 0 Å². The van der Waals surface area contributed by atoms with Crippen LogP contribution in [-0.4, -0.2) is 109 Å². The highest BCUT2D eigenvalue weighted by Crippen LogP contribution is 2.43. The van der Waals surface area contributed by atoms with Crippen molar-refractivity contribution in [3.05, 3.63) is 124 Å². The van der Waals surface area contributed by atoms with Crippen LogP contribution < -0.4 is 20.6 Å². The Hall–Kier alpha value is -5.62. The minimum atomic E-state index is -0.266. The van der Waals surface area contributed by atoms with E-state index in [1.165, 1.54) is 14.2 Å². The van der Waals surface area contributed by atoms with Crippen LogP contribution in [0.2, 0.25) is 10.0 Å². The number of carbonyl (C=O) groups excluding carboxylic acids is 2. The fraction of sp³-hybridized carbons (Fsp3) is 0.417. The maximum Gasteiger partial charge on any atom is 0.257 e. The van der Waals surface area contributed by atoms with E-state index in [-0.39, 0.29) is 60.1 Å². The highest BCUT2D eigenvalue weighted by molar-refractivity contribution is 6.37. The average molecular weight is 944 g/mol. The van der Waals surface area contributed by atoms with Gasteiger partial charge in [-0.05, 0) is 50.2 Å². The second-order valence-corrected chi connectivity index (χ2v) is 18.0. The number of carbonyl (C=O) groups is 2. The molecule has 4 aliphatic heterocycles. The molecule has 2 fully saturated rings. The van der Waals surface area contributed by atoms with Gasteiger partial charge in [-0.15, -0.1) is 0 Å². The summed E-state index contributed by atoms with van der Waals surface area (Å²) in [6.45, 7) is 8.26. The van der Waals surface area contributed by atoms with Crippen molar-refractivity contribution >= 4 is 56.8 Å². The summed E-state index contributed by atoms with van der Waals surface area (Å²) in [7, 11) is 6.34. The Morgan fingerprint density at radius 2 is 1.02 bits per heavy atom. The average Bonchev–Trinajstić information content (AvgIpc) is 3.78. The summed E-state index contributed by atoms with van der Waals surface area (Å²) in [5.41, 5.74) is 5.75. The molecule has 4 aliphatic rings. The second kappa shape index (κ2) is 18.6. The molecule has 0 spiro atoms. The van der Waals surface area contributed by atoms with Crippen LogP contribution in [0.4, 0.5) is 0 Å². The van der Waals surface area contributed by atoms with Crippen molar-refractivity contribution in [3.63, 3.8) is 0 Å². The Balaban J connectivity index is 0.000000166. The number of aryl methyl sites for hydroxylation is 2. The van der Waals surface area contributed by atoms with Gasteiger partial charge in [-0.3, -0.25) is 19.2 Å². The van der Waals surface area contributed by atoms with E-state index in [1.807, 2.05) is 45.8 Å². The number of aromatic nitrogens is 4. The van der Waals surface area contributed by atoms with Gasteiger partial charge in [-0.1, -0.05) is 23.2 Å². The maximum absolute atomic E-state index is 13.9. The molecule has 0 unspecified atom stereocenters. The number of H-pyrrole nitrogens is 2. The third-order valence-electron chi connectivity index (χ3n) is 13.2. The summed E-state index contributed by atoms with van der Waals surface area (Å²) < 4.78 is 37.2. The lowest BCUT2D eigenvalue weighted by Crippen LogP contribution is -2.35. The monoisotopic (exact) mass is 942 g/mol. The summed E-state index contributed by atoms with van der Waals surface area (Å²) in [6, 6.07) is 11.6. The molecule has 348 valence electrons. The number of aromatic amines is 2. The number of nitrogens with one attached hydrogen (secondary N) is 2. The van der Waals surface area contributed by atoms with E-state index in [0.29, 0.717) is 108 Å². The smallest absolute Gasteiger partial charge is 0.257 e. The summed E-state index contributed by atoms with van der Waals surface area (Å²) in [5.74, 6) is 0.861. The van der Waals surface area contributed by atoms with E-state index >= 15 is 0 Å². The second-order valence-electron chi connectivity index (χ2n) is 17.2. The Kier molecular flexibility index (Phi) is 12.8. The number of pyridine rings is 2. The van der Waals surface area contributed by atoms with Gasteiger partial charge < -0.3 is 57.3 Å². The minimum Gasteiger partial charge on any atom is -0.496 e. The van der Waals surface area contributed by atoms with Gasteiger partial charge in [0.1, 0.15) is 11.5 Å². The standard InChI is InChI=1S/2C24H26ClN3O5/c2*1-13-8-18(31-2)17(23(29)26-13)10-28-7-6-27-5-4-14-9-16(22(32-3)15-11-33-12-15)20(25)19(21(14)27)24(28)30/h2*4-5,8-9,15,22H,6-7,10-12H2,1-3H3,(H,26,29)/t2*22-/m10/s1. The Morgan fingerprint density at radius 3 is 1.35 bits per heavy atom. The number of hydrogen-bond acceptors (Lipinski definition) is 10. The lowest BCUT2D eigenvalue weighted by Gasteiger charge is -2.34. The molecule has 6 aromatic rings. The third-order valence-corrected chi connectivity index (χ3v) is 14.0. The van der Waals surface area contributed by atoms with Crippen LogP contribution in [0, 0.1) is 25.7 Å². The summed E-state index contributed by atoms with van der Waals surface area (Å²) in [5, 5.41) is 2.66. The number of halogens is 2. The maximum atomic E-state index is 13.9. The third kappa shape index (κ3) is 8.06. The molecule has 0 bridgehead atoms. The molecular weight excluding hydrogens is 891 g/mol. The molecule has 2 saturated heterocycles. The van der Waals surface area contributed by atoms with Gasteiger partial charge in [0.05, 0.1) is 109 Å². The topological polar surface area (TPSA) is 172 Å². The van der Waals surface area contributed by atoms with Gasteiger partial charge >= 0.3 is 0 Å². The predicted octanol–water partition coefficient (Wildman–Crippen LogP) is 6.58. The molecule has 0 saturated carbocycles. The number of methoxy groups -OCH3 is 4. The van der Waals surface area contributed by atoms with Crippen LogP contribution in [0.5, 0.6) is 11.5 Å². The molecule has 2 atom stereocenters. The minimum absolute atomic E-state index is 0.120. The predicted molar refractivity (Wildman–Crippen MR) is 248 cm³/mol. The van der Waals surface area contributed by atoms with Crippen molar-refractivity contribution in [1.29, 1.82) is 0 Å². The highest BCUT2D eigenvalue weighted by Gasteiger charge is 2.37. The van der Waals surface area contributed by atoms with Gasteiger partial charge in [0, 0.05) is 97.9 Å². The van der Waals surface area contributed by atoms with E-state index < -0.39 is 0 Å². The zero-order valence-corrected chi connectivity index (χ0v) is 39.1. The molecule has 2 aromatic carbocycles. The molecule has 18 heteroatoms. The number of ether oxygens (including phenoxy) is 6. The van der Waals surface area contributed by atoms with E-state index in [4.69, 9.17) is 51.6 Å². The Morgan fingerprint density at radius 1 is 0.621 bits per heavy atom. The fourth-order valence-electron chi connectivity index (χ4n) is 9.62. The zero-order chi connectivity index (χ0) is 46.6. The van der Waals surface area contributed by atoms with Crippen LogP contribution >= 0.6 is 23.2 Å². The quantitative estimate of drug-likeness (QED) is 0.137. The number of rotatable bonds is 12. The van der Waals surface area contributed by atoms with Crippen molar-refractivity contribution in [2.75, 3.05) is 68.0 Å². The largest absolute Gasteiger partial charge is 0.496 e. The van der Waals surface area contributed by atoms with E-state index in [2.05, 4.69) is 9.97 Å². The Bertz CT molecular complexity index is 2790. The van der Waals surface area contributed by atoms with Gasteiger partial charge in [-0.25, -0.2) is 0 Å². The van der Waals surface area contributed by atoms with Crippen molar-refractivity contribution in [1.82, 2.24) is 28.9 Å². The summed E-state index contributed by atoms with van der Waals surface area (Å²) in [4.78, 5) is 62.0. The van der Waals surface area contributed by atoms with Gasteiger partial charge in [0.25, 0.3) is 22.9 Å². The number of hydrogen-bond donors (Lipinski definition) is 2. The van der Waals surface area contributed by atoms with Gasteiger partial charge in [0.15, 0.2) is 0 Å². The fourth-order valence-corrected chi connectivity index (χ4v) is 10.3. The molecule has 10 rings (SSSR count). The first-order chi connectivity index (χ1) is 31.8. The molecule has 66 heavy (non-hydrogen) atoms. The first-order valence-electron chi connectivity index (χ1n) is 21.8. The van der Waals surface area contributed by atoms with E-state index in [0.717, 1.165) is 32.9 Å². The lowest BCUT2D eigenvalue weighted by molar-refractivity contribution is -0.105. The lowest BCUT2D eigenvalue weighted by atomic mass is 9.91. The number of amides is 2. The van der Waals surface area contributed by atoms with Crippen LogP contribution in [0.1, 0.15) is 66.6 Å². The van der Waals surface area contributed by atoms with Crippen molar-refractivity contribution < 1.29 is 38.0 Å². The van der Waals surface area contributed by atoms with E-state index in [9.17, 15) is 19.2 Å². The summed E-state index contributed by atoms with van der Waals surface area (Å²) in [6.07, 6.45) is 3.41. The van der Waals surface area contributed by atoms with Crippen molar-refractivity contribution in [3.8, 4) is 11.5 Å². The molecule has 2 amide bonds. The van der Waals surface area contributed by atoms with Crippen molar-refractivity contribution in [2.45, 2.75) is 52.2 Å². The SMILES string of the molecule is COc1cc(C)[nH]c(=O)c1CN1CCn2ccc3cc([C@@H](OC)C4COC4)c(Cl)c(c32)C1=O.COc1cc(C)[nH]c(=O)c1CN1CCn2ccc3cc([C@H](OC)C4COC4)c(Cl)c(c32)C1=O. The van der Waals surface area contributed by atoms with Gasteiger partial charge in [-0.2, -0.15) is 0 Å². The Labute approximate surface area is 390 Å². The zero-order valence-electron chi connectivity index (χ0n) is 37.6. The van der Waals surface area contributed by atoms with Gasteiger partial charge in [0.2, 0.25) is 0 Å². The first-order valence-corrected chi connectivity index (χ1v) is 22.6. The first kappa shape index (κ1) is 45.5. The van der Waals surface area contributed by atoms with E-state index in [1.54, 1.807) is 50.0 Å². The molecular formula is C48H52Cl2N6O10. The van der Waals surface area contributed by atoms with Crippen molar-refractivity contribution in [2.24, 2.45) is 11.8 Å². The molecule has 0 radical (unpaired) electrons. The van der Waals surface area contributed by atoms with Crippen LogP contribution in [0.15, 0.2) is 58.4 Å². The molecule has 2 N–H and O–H groups in total. The van der Waals surface area contributed by atoms with Crippen LogP contribution in [0.25, 0.3) is 21.8 Å². The van der Waals surface area contributed by atoms with Crippen LogP contribution in [-0.2, 0) is 45.1 Å². The number of nitrogens with zero attached hydrogens (tertiary/aromatic N) is 4. The normalized spacial score (nSPS) is 17.2. The molecule has 4 aromatic heterocycles. The summed E-state index contributed by atoms with van der Waals surface area (Å²) >= 11 is 13.8. The molecule has 0 aliphatic carbocycles. The molecule has 8 heterocycles.